The molecule has 0 bridgehead atoms. The van der Waals surface area contributed by atoms with Gasteiger partial charge >= 0.3 is 0 Å². The molecule has 4 aromatic rings. The second-order valence-electron chi connectivity index (χ2n) is 6.64. The minimum atomic E-state index is -0.0634. The Bertz CT molecular complexity index is 1200. The van der Waals surface area contributed by atoms with Crippen molar-refractivity contribution in [2.45, 2.75) is 13.8 Å². The fourth-order valence-electron chi connectivity index (χ4n) is 3.13. The van der Waals surface area contributed by atoms with E-state index in [1.54, 1.807) is 4.57 Å². The van der Waals surface area contributed by atoms with Crippen molar-refractivity contribution in [2.75, 3.05) is 0 Å². The highest BCUT2D eigenvalue weighted by molar-refractivity contribution is 5.80. The van der Waals surface area contributed by atoms with Crippen LogP contribution < -0.4 is 5.56 Å². The van der Waals surface area contributed by atoms with Crippen molar-refractivity contribution in [2.24, 2.45) is 0 Å². The Kier molecular flexibility index (Phi) is 4.43. The Morgan fingerprint density at radius 3 is 2.33 bits per heavy atom. The van der Waals surface area contributed by atoms with Gasteiger partial charge in [0.15, 0.2) is 0 Å². The number of hydrogen-bond donors (Lipinski definition) is 0. The molecule has 1 heterocycles. The zero-order valence-electron chi connectivity index (χ0n) is 15.4. The van der Waals surface area contributed by atoms with Gasteiger partial charge in [-0.05, 0) is 60.9 Å². The van der Waals surface area contributed by atoms with Crippen LogP contribution in [-0.2, 0) is 0 Å². The van der Waals surface area contributed by atoms with E-state index in [1.807, 2.05) is 66.7 Å². The molecule has 1 aromatic heterocycles. The molecule has 0 saturated heterocycles. The number of fused-ring (bicyclic) bond motifs is 1. The molecular weight excluding hydrogens is 332 g/mol. The molecular formula is C24H20N2O. The van der Waals surface area contributed by atoms with Crippen LogP contribution in [0.2, 0.25) is 0 Å². The molecule has 132 valence electrons. The van der Waals surface area contributed by atoms with Crippen LogP contribution in [0.3, 0.4) is 0 Å². The van der Waals surface area contributed by atoms with Gasteiger partial charge in [0.25, 0.3) is 5.56 Å². The van der Waals surface area contributed by atoms with Gasteiger partial charge in [-0.3, -0.25) is 9.36 Å². The van der Waals surface area contributed by atoms with Crippen molar-refractivity contribution in [1.29, 1.82) is 0 Å². The maximum absolute atomic E-state index is 13.1. The highest BCUT2D eigenvalue weighted by Gasteiger charge is 2.10. The molecule has 27 heavy (non-hydrogen) atoms. The molecule has 0 N–H and O–H groups in total. The van der Waals surface area contributed by atoms with Gasteiger partial charge in [-0.15, -0.1) is 0 Å². The first kappa shape index (κ1) is 17.0. The van der Waals surface area contributed by atoms with Crippen LogP contribution >= 0.6 is 0 Å². The molecule has 0 aliphatic carbocycles. The molecule has 0 spiro atoms. The molecule has 0 aliphatic rings. The molecule has 0 atom stereocenters. The Hall–Kier alpha value is -3.46. The predicted molar refractivity (Wildman–Crippen MR) is 112 cm³/mol. The summed E-state index contributed by atoms with van der Waals surface area (Å²) in [4.78, 5) is 17.9. The standard InChI is InChI=1S/C24H20N2O/c1-17-12-13-19(16-18(17)2)14-15-23-25-22-11-7-6-10-21(22)24(27)26(23)20-8-4-3-5-9-20/h3-16H,1-2H3. The molecule has 3 aromatic carbocycles. The average Bonchev–Trinajstić information content (AvgIpc) is 2.70. The summed E-state index contributed by atoms with van der Waals surface area (Å²) in [6, 6.07) is 23.4. The summed E-state index contributed by atoms with van der Waals surface area (Å²) in [6.45, 7) is 4.20. The molecule has 4 rings (SSSR count). The van der Waals surface area contributed by atoms with E-state index in [2.05, 4.69) is 32.0 Å². The SMILES string of the molecule is Cc1ccc(C=Cc2nc3ccccc3c(=O)n2-c2ccccc2)cc1C. The first-order chi connectivity index (χ1) is 13.1. The Balaban J connectivity index is 1.92. The monoisotopic (exact) mass is 352 g/mol. The maximum atomic E-state index is 13.1. The number of para-hydroxylation sites is 2. The van der Waals surface area contributed by atoms with Crippen molar-refractivity contribution < 1.29 is 0 Å². The van der Waals surface area contributed by atoms with Gasteiger partial charge in [0.05, 0.1) is 16.6 Å². The minimum absolute atomic E-state index is 0.0634. The summed E-state index contributed by atoms with van der Waals surface area (Å²) in [5, 5.41) is 0.615. The Labute approximate surface area is 158 Å². The summed E-state index contributed by atoms with van der Waals surface area (Å²) in [6.07, 6.45) is 3.91. The van der Waals surface area contributed by atoms with E-state index in [4.69, 9.17) is 4.98 Å². The lowest BCUT2D eigenvalue weighted by Gasteiger charge is -2.11. The highest BCUT2D eigenvalue weighted by atomic mass is 16.1. The summed E-state index contributed by atoms with van der Waals surface area (Å²) in [7, 11) is 0. The summed E-state index contributed by atoms with van der Waals surface area (Å²) < 4.78 is 1.67. The van der Waals surface area contributed by atoms with Gasteiger partial charge < -0.3 is 0 Å². The number of aromatic nitrogens is 2. The molecule has 0 unspecified atom stereocenters. The second-order valence-corrected chi connectivity index (χ2v) is 6.64. The smallest absolute Gasteiger partial charge is 0.266 e. The van der Waals surface area contributed by atoms with Crippen LogP contribution in [0.25, 0.3) is 28.7 Å². The third-order valence-corrected chi connectivity index (χ3v) is 4.77. The van der Waals surface area contributed by atoms with Gasteiger partial charge in [0.2, 0.25) is 0 Å². The van der Waals surface area contributed by atoms with Crippen LogP contribution in [0, 0.1) is 13.8 Å². The first-order valence-corrected chi connectivity index (χ1v) is 8.96. The Morgan fingerprint density at radius 1 is 0.815 bits per heavy atom. The summed E-state index contributed by atoms with van der Waals surface area (Å²) in [5.41, 5.74) is 5.03. The highest BCUT2D eigenvalue weighted by Crippen LogP contribution is 2.16. The lowest BCUT2D eigenvalue weighted by Crippen LogP contribution is -2.22. The Morgan fingerprint density at radius 2 is 1.56 bits per heavy atom. The van der Waals surface area contributed by atoms with E-state index >= 15 is 0 Å². The van der Waals surface area contributed by atoms with E-state index in [1.165, 1.54) is 11.1 Å². The third kappa shape index (κ3) is 3.32. The number of hydrogen-bond acceptors (Lipinski definition) is 2. The quantitative estimate of drug-likeness (QED) is 0.510. The topological polar surface area (TPSA) is 34.9 Å². The van der Waals surface area contributed by atoms with Crippen molar-refractivity contribution >= 4 is 23.1 Å². The summed E-state index contributed by atoms with van der Waals surface area (Å²) in [5.74, 6) is 0.614. The van der Waals surface area contributed by atoms with E-state index in [9.17, 15) is 4.79 Å². The molecule has 0 radical (unpaired) electrons. The third-order valence-electron chi connectivity index (χ3n) is 4.77. The van der Waals surface area contributed by atoms with Crippen LogP contribution in [0.1, 0.15) is 22.5 Å². The van der Waals surface area contributed by atoms with E-state index in [-0.39, 0.29) is 5.56 Å². The van der Waals surface area contributed by atoms with E-state index in [0.29, 0.717) is 16.7 Å². The number of aryl methyl sites for hydroxylation is 2. The molecule has 0 aliphatic heterocycles. The van der Waals surface area contributed by atoms with Gasteiger partial charge in [0.1, 0.15) is 5.82 Å². The number of nitrogens with zero attached hydrogens (tertiary/aromatic N) is 2. The zero-order chi connectivity index (χ0) is 18.8. The fourth-order valence-corrected chi connectivity index (χ4v) is 3.13. The molecule has 3 nitrogen and oxygen atoms in total. The molecule has 0 saturated carbocycles. The zero-order valence-corrected chi connectivity index (χ0v) is 15.4. The van der Waals surface area contributed by atoms with Crippen LogP contribution in [0.4, 0.5) is 0 Å². The number of benzene rings is 3. The van der Waals surface area contributed by atoms with Crippen molar-refractivity contribution in [3.63, 3.8) is 0 Å². The van der Waals surface area contributed by atoms with Crippen LogP contribution in [0.5, 0.6) is 0 Å². The normalized spacial score (nSPS) is 11.3. The van der Waals surface area contributed by atoms with Crippen molar-refractivity contribution in [3.05, 3.63) is 106 Å². The number of rotatable bonds is 3. The van der Waals surface area contributed by atoms with Crippen LogP contribution in [-0.4, -0.2) is 9.55 Å². The van der Waals surface area contributed by atoms with Gasteiger partial charge in [0, 0.05) is 0 Å². The van der Waals surface area contributed by atoms with Crippen LogP contribution in [0.15, 0.2) is 77.6 Å². The van der Waals surface area contributed by atoms with Crippen molar-refractivity contribution in [3.8, 4) is 5.69 Å². The van der Waals surface area contributed by atoms with Crippen molar-refractivity contribution in [1.82, 2.24) is 9.55 Å². The summed E-state index contributed by atoms with van der Waals surface area (Å²) >= 11 is 0. The van der Waals surface area contributed by atoms with Gasteiger partial charge in [-0.1, -0.05) is 54.6 Å². The maximum Gasteiger partial charge on any atom is 0.266 e. The second kappa shape index (κ2) is 7.04. The lowest BCUT2D eigenvalue weighted by molar-refractivity contribution is 0.944. The average molecular weight is 352 g/mol. The fraction of sp³-hybridized carbons (Fsp3) is 0.0833. The largest absolute Gasteiger partial charge is 0.268 e. The minimum Gasteiger partial charge on any atom is -0.268 e. The predicted octanol–water partition coefficient (Wildman–Crippen LogP) is 5.17. The lowest BCUT2D eigenvalue weighted by atomic mass is 10.1. The molecule has 0 amide bonds. The van der Waals surface area contributed by atoms with E-state index < -0.39 is 0 Å². The van der Waals surface area contributed by atoms with Gasteiger partial charge in [-0.2, -0.15) is 0 Å². The molecule has 0 fully saturated rings. The van der Waals surface area contributed by atoms with Gasteiger partial charge in [-0.25, -0.2) is 4.98 Å². The van der Waals surface area contributed by atoms with E-state index in [0.717, 1.165) is 11.3 Å². The first-order valence-electron chi connectivity index (χ1n) is 8.96. The molecule has 3 heteroatoms.